The van der Waals surface area contributed by atoms with Gasteiger partial charge in [0.15, 0.2) is 6.10 Å². The topological polar surface area (TPSA) is 104 Å². The summed E-state index contributed by atoms with van der Waals surface area (Å²) in [4.78, 5) is 25.9. The highest BCUT2D eigenvalue weighted by atomic mass is 16.6. The number of epoxide rings is 1. The van der Waals surface area contributed by atoms with Crippen LogP contribution in [0.2, 0.25) is 0 Å². The van der Waals surface area contributed by atoms with Crippen LogP contribution in [0.3, 0.4) is 0 Å². The number of allylic oxidation sites excluding steroid dienone is 3. The molecule has 2 spiro atoms. The zero-order valence-electron chi connectivity index (χ0n) is 21.6. The van der Waals surface area contributed by atoms with Gasteiger partial charge in [0.1, 0.15) is 18.3 Å². The SMILES string of the molecule is CC1=CC2O[C@@H]3C[C@H]4OC(=O)C=CC=CC(C)OCCC(C)[C@@H](O)C(=O)OC[C@@]2(CC1)[C@]4(C)C31CO1. The van der Waals surface area contributed by atoms with Gasteiger partial charge < -0.3 is 28.8 Å². The first-order valence-electron chi connectivity index (χ1n) is 13.1. The van der Waals surface area contributed by atoms with E-state index in [9.17, 15) is 14.7 Å². The molecular weight excluding hydrogens is 464 g/mol. The molecule has 0 aromatic rings. The summed E-state index contributed by atoms with van der Waals surface area (Å²) in [6.07, 6.45) is 8.93. The molecule has 1 saturated carbocycles. The van der Waals surface area contributed by atoms with Gasteiger partial charge in [-0.2, -0.15) is 0 Å². The van der Waals surface area contributed by atoms with Crippen LogP contribution in [0.1, 0.15) is 53.4 Å². The Hall–Kier alpha value is -2.00. The molecule has 4 unspecified atom stereocenters. The first-order valence-corrected chi connectivity index (χ1v) is 13.1. The fourth-order valence-corrected chi connectivity index (χ4v) is 6.84. The van der Waals surface area contributed by atoms with Crippen LogP contribution in [0.25, 0.3) is 0 Å². The van der Waals surface area contributed by atoms with Crippen LogP contribution < -0.4 is 0 Å². The van der Waals surface area contributed by atoms with Gasteiger partial charge in [0.05, 0.1) is 30.3 Å². The Morgan fingerprint density at radius 2 is 1.89 bits per heavy atom. The van der Waals surface area contributed by atoms with Gasteiger partial charge in [-0.1, -0.05) is 43.7 Å². The number of carbonyl (C=O) groups is 2. The van der Waals surface area contributed by atoms with Gasteiger partial charge >= 0.3 is 11.9 Å². The molecule has 3 heterocycles. The Kier molecular flexibility index (Phi) is 6.69. The molecule has 0 aromatic heterocycles. The van der Waals surface area contributed by atoms with Crippen molar-refractivity contribution in [3.63, 3.8) is 0 Å². The van der Waals surface area contributed by atoms with Crippen molar-refractivity contribution in [1.82, 2.24) is 0 Å². The third kappa shape index (κ3) is 3.97. The lowest BCUT2D eigenvalue weighted by Gasteiger charge is -2.58. The van der Waals surface area contributed by atoms with Crippen LogP contribution in [-0.2, 0) is 33.3 Å². The number of ether oxygens (including phenoxy) is 5. The van der Waals surface area contributed by atoms with Crippen LogP contribution >= 0.6 is 0 Å². The molecule has 9 atom stereocenters. The van der Waals surface area contributed by atoms with Crippen LogP contribution in [0.15, 0.2) is 36.0 Å². The van der Waals surface area contributed by atoms with Gasteiger partial charge in [0, 0.05) is 24.5 Å². The lowest BCUT2D eigenvalue weighted by molar-refractivity contribution is -0.234. The minimum absolute atomic E-state index is 0.0541. The fraction of sp³-hybridized carbons (Fsp3) is 0.714. The molecule has 8 heteroatoms. The van der Waals surface area contributed by atoms with Crippen molar-refractivity contribution >= 4 is 11.9 Å². The monoisotopic (exact) mass is 502 g/mol. The highest BCUT2D eigenvalue weighted by molar-refractivity contribution is 5.82. The third-order valence-corrected chi connectivity index (χ3v) is 9.41. The number of hydrogen-bond acceptors (Lipinski definition) is 8. The van der Waals surface area contributed by atoms with E-state index in [2.05, 4.69) is 19.9 Å². The van der Waals surface area contributed by atoms with E-state index >= 15 is 0 Å². The molecule has 198 valence electrons. The number of aliphatic hydroxyl groups is 1. The number of aliphatic hydroxyl groups excluding tert-OH is 1. The standard InChI is InChI=1S/C28H38O8/c1-17-9-11-27-15-33-25(31)24(30)18(2)10-12-32-19(3)7-5-6-8-23(29)36-20-14-22(35-21(27)13-17)28(16-34-28)26(20,27)4/h5-8,13,18-22,24,30H,9-12,14-16H2,1-4H3/t18?,19?,20-,21?,22-,24-,26-,27-,28?/m1/s1. The van der Waals surface area contributed by atoms with E-state index in [-0.39, 0.29) is 30.8 Å². The zero-order valence-corrected chi connectivity index (χ0v) is 21.6. The molecule has 8 nitrogen and oxygen atoms in total. The molecule has 36 heavy (non-hydrogen) atoms. The molecule has 5 rings (SSSR count). The van der Waals surface area contributed by atoms with E-state index in [1.165, 1.54) is 11.6 Å². The number of carbonyl (C=O) groups excluding carboxylic acids is 2. The van der Waals surface area contributed by atoms with Gasteiger partial charge in [-0.15, -0.1) is 0 Å². The van der Waals surface area contributed by atoms with Crippen molar-refractivity contribution in [3.8, 4) is 0 Å². The Morgan fingerprint density at radius 1 is 1.11 bits per heavy atom. The van der Waals surface area contributed by atoms with E-state index in [0.717, 1.165) is 6.42 Å². The average molecular weight is 503 g/mol. The molecule has 0 amide bonds. The second-order valence-electron chi connectivity index (χ2n) is 11.4. The maximum Gasteiger partial charge on any atom is 0.335 e. The summed E-state index contributed by atoms with van der Waals surface area (Å²) in [5.41, 5.74) is -0.649. The second kappa shape index (κ2) is 9.39. The Morgan fingerprint density at radius 3 is 2.64 bits per heavy atom. The van der Waals surface area contributed by atoms with Crippen molar-refractivity contribution < 1.29 is 38.4 Å². The molecule has 0 aromatic carbocycles. The van der Waals surface area contributed by atoms with Crippen molar-refractivity contribution in [2.45, 2.75) is 89.5 Å². The molecule has 0 radical (unpaired) electrons. The van der Waals surface area contributed by atoms with Crippen molar-refractivity contribution in [3.05, 3.63) is 36.0 Å². The summed E-state index contributed by atoms with van der Waals surface area (Å²) in [6.45, 7) is 8.85. The quantitative estimate of drug-likeness (QED) is 0.306. The molecule has 3 fully saturated rings. The first kappa shape index (κ1) is 25.6. The summed E-state index contributed by atoms with van der Waals surface area (Å²) in [5.74, 6) is -1.41. The predicted octanol–water partition coefficient (Wildman–Crippen LogP) is 3.03. The van der Waals surface area contributed by atoms with Gasteiger partial charge in [0.2, 0.25) is 0 Å². The summed E-state index contributed by atoms with van der Waals surface area (Å²) in [7, 11) is 0. The Bertz CT molecular complexity index is 980. The van der Waals surface area contributed by atoms with E-state index in [1.54, 1.807) is 12.2 Å². The summed E-state index contributed by atoms with van der Waals surface area (Å²) in [6, 6.07) is 0. The van der Waals surface area contributed by atoms with Gasteiger partial charge in [-0.3, -0.25) is 0 Å². The maximum absolute atomic E-state index is 13.0. The summed E-state index contributed by atoms with van der Waals surface area (Å²) in [5, 5.41) is 10.7. The normalized spacial score (nSPS) is 47.3. The third-order valence-electron chi connectivity index (χ3n) is 9.41. The molecule has 1 N–H and O–H groups in total. The largest absolute Gasteiger partial charge is 0.463 e. The summed E-state index contributed by atoms with van der Waals surface area (Å²) < 4.78 is 30.4. The minimum Gasteiger partial charge on any atom is -0.463 e. The maximum atomic E-state index is 13.0. The highest BCUT2D eigenvalue weighted by Crippen LogP contribution is 2.72. The average Bonchev–Trinajstić information content (AvgIpc) is 3.62. The minimum atomic E-state index is -1.26. The van der Waals surface area contributed by atoms with Crippen LogP contribution in [0.4, 0.5) is 0 Å². The predicted molar refractivity (Wildman–Crippen MR) is 130 cm³/mol. The van der Waals surface area contributed by atoms with E-state index in [1.807, 2.05) is 19.9 Å². The number of cyclic esters (lactones) is 1. The van der Waals surface area contributed by atoms with Gasteiger partial charge in [-0.25, -0.2) is 9.59 Å². The lowest BCUT2D eigenvalue weighted by Crippen LogP contribution is -2.66. The van der Waals surface area contributed by atoms with Gasteiger partial charge in [-0.05, 0) is 39.0 Å². The highest BCUT2D eigenvalue weighted by Gasteiger charge is 2.83. The zero-order chi connectivity index (χ0) is 25.7. The molecular formula is C28H38O8. The van der Waals surface area contributed by atoms with E-state index in [4.69, 9.17) is 23.7 Å². The fourth-order valence-electron chi connectivity index (χ4n) is 6.84. The number of esters is 2. The van der Waals surface area contributed by atoms with Crippen molar-refractivity contribution in [1.29, 1.82) is 0 Å². The molecule has 2 saturated heterocycles. The van der Waals surface area contributed by atoms with E-state index < -0.39 is 40.6 Å². The Labute approximate surface area is 212 Å². The van der Waals surface area contributed by atoms with Crippen LogP contribution in [0, 0.1) is 16.7 Å². The van der Waals surface area contributed by atoms with Crippen LogP contribution in [0.5, 0.6) is 0 Å². The van der Waals surface area contributed by atoms with Crippen LogP contribution in [-0.4, -0.2) is 73.0 Å². The molecule has 3 aliphatic heterocycles. The summed E-state index contributed by atoms with van der Waals surface area (Å²) >= 11 is 0. The molecule has 2 aliphatic carbocycles. The number of rotatable bonds is 0. The first-order chi connectivity index (χ1) is 17.1. The Balaban J connectivity index is 1.52. The van der Waals surface area contributed by atoms with Crippen molar-refractivity contribution in [2.24, 2.45) is 16.7 Å². The smallest absolute Gasteiger partial charge is 0.335 e. The number of hydrogen-bond donors (Lipinski definition) is 1. The second-order valence-corrected chi connectivity index (χ2v) is 11.4. The van der Waals surface area contributed by atoms with Gasteiger partial charge in [0.25, 0.3) is 0 Å². The van der Waals surface area contributed by atoms with Crippen molar-refractivity contribution in [2.75, 3.05) is 19.8 Å². The molecule has 5 aliphatic rings. The lowest BCUT2D eigenvalue weighted by atomic mass is 9.51. The van der Waals surface area contributed by atoms with E-state index in [0.29, 0.717) is 32.5 Å². The molecule has 2 bridgehead atoms.